The summed E-state index contributed by atoms with van der Waals surface area (Å²) in [5, 5.41) is 4.48. The normalized spacial score (nSPS) is 14.9. The zero-order valence-electron chi connectivity index (χ0n) is 20.9. The molecule has 1 saturated heterocycles. The van der Waals surface area contributed by atoms with Crippen molar-refractivity contribution in [2.75, 3.05) is 29.9 Å². The average molecular weight is 542 g/mol. The van der Waals surface area contributed by atoms with Crippen molar-refractivity contribution in [1.29, 1.82) is 0 Å². The van der Waals surface area contributed by atoms with Crippen molar-refractivity contribution in [3.05, 3.63) is 72.1 Å². The minimum atomic E-state index is -3.52. The Bertz CT molecular complexity index is 1290. The maximum Gasteiger partial charge on any atom is 0.309 e. The Labute approximate surface area is 221 Å². The van der Waals surface area contributed by atoms with Crippen LogP contribution in [0.5, 0.6) is 0 Å². The van der Waals surface area contributed by atoms with Crippen LogP contribution in [0.4, 0.5) is 17.1 Å². The highest BCUT2D eigenvalue weighted by Crippen LogP contribution is 2.29. The van der Waals surface area contributed by atoms with Gasteiger partial charge in [0.1, 0.15) is 4.21 Å². The molecule has 0 spiro atoms. The lowest BCUT2D eigenvalue weighted by molar-refractivity contribution is -0.152. The molecule has 0 unspecified atom stereocenters. The lowest BCUT2D eigenvalue weighted by Gasteiger charge is -2.29. The molecule has 1 aromatic heterocycles. The Balaban J connectivity index is 1.25. The highest BCUT2D eigenvalue weighted by molar-refractivity contribution is 7.91. The van der Waals surface area contributed by atoms with E-state index in [1.54, 1.807) is 17.5 Å². The molecular formula is C27H31N3O5S2. The summed E-state index contributed by atoms with van der Waals surface area (Å²) in [7, 11) is -3.52. The van der Waals surface area contributed by atoms with Gasteiger partial charge in [0.25, 0.3) is 15.9 Å². The van der Waals surface area contributed by atoms with Crippen LogP contribution >= 0.6 is 11.3 Å². The number of hydrogen-bond acceptors (Lipinski definition) is 7. The third-order valence-electron chi connectivity index (χ3n) is 6.20. The van der Waals surface area contributed by atoms with Crippen molar-refractivity contribution in [1.82, 2.24) is 4.31 Å². The number of thiophene rings is 1. The van der Waals surface area contributed by atoms with Gasteiger partial charge in [0.05, 0.1) is 5.92 Å². The van der Waals surface area contributed by atoms with E-state index in [1.165, 1.54) is 15.6 Å². The number of carbonyl (C=O) groups is 2. The largest absolute Gasteiger partial charge is 0.455 e. The lowest BCUT2D eigenvalue weighted by Crippen LogP contribution is -2.40. The number of carbonyl (C=O) groups excluding carboxylic acids is 2. The molecule has 10 heteroatoms. The van der Waals surface area contributed by atoms with Crippen molar-refractivity contribution in [2.24, 2.45) is 5.92 Å². The zero-order valence-corrected chi connectivity index (χ0v) is 22.5. The van der Waals surface area contributed by atoms with Gasteiger partial charge < -0.3 is 15.0 Å². The second-order valence-electron chi connectivity index (χ2n) is 9.11. The fourth-order valence-corrected chi connectivity index (χ4v) is 6.97. The highest BCUT2D eigenvalue weighted by Gasteiger charge is 2.33. The van der Waals surface area contributed by atoms with E-state index in [1.807, 2.05) is 42.5 Å². The van der Waals surface area contributed by atoms with Crippen LogP contribution in [0.15, 0.2) is 76.3 Å². The lowest BCUT2D eigenvalue weighted by atomic mass is 9.98. The number of hydrogen-bond donors (Lipinski definition) is 1. The first-order valence-corrected chi connectivity index (χ1v) is 14.5. The summed E-state index contributed by atoms with van der Waals surface area (Å²) in [6.07, 6.45) is 0.723. The maximum atomic E-state index is 12.6. The van der Waals surface area contributed by atoms with Crippen LogP contribution in [0.25, 0.3) is 0 Å². The molecule has 2 aromatic carbocycles. The first-order chi connectivity index (χ1) is 17.8. The van der Waals surface area contributed by atoms with E-state index in [9.17, 15) is 18.0 Å². The number of ether oxygens (including phenoxy) is 1. The number of nitrogens with one attached hydrogen (secondary N) is 1. The predicted molar refractivity (Wildman–Crippen MR) is 146 cm³/mol. The number of amides is 1. The molecule has 0 aliphatic carbocycles. The number of esters is 1. The van der Waals surface area contributed by atoms with Gasteiger partial charge in [-0.25, -0.2) is 8.42 Å². The van der Waals surface area contributed by atoms with Crippen LogP contribution in [0.1, 0.15) is 26.7 Å². The van der Waals surface area contributed by atoms with Gasteiger partial charge in [0, 0.05) is 36.2 Å². The average Bonchev–Trinajstić information content (AvgIpc) is 3.45. The Kier molecular flexibility index (Phi) is 8.63. The van der Waals surface area contributed by atoms with Crippen molar-refractivity contribution >= 4 is 50.3 Å². The SMILES string of the molecule is CC(C)N(c1ccccc1)c1ccc(NC(=O)COC(=O)C2CCN(S(=O)(=O)c3cccs3)CC2)cc1. The van der Waals surface area contributed by atoms with Crippen molar-refractivity contribution in [3.8, 4) is 0 Å². The van der Waals surface area contributed by atoms with Crippen molar-refractivity contribution in [2.45, 2.75) is 36.9 Å². The minimum absolute atomic E-state index is 0.241. The van der Waals surface area contributed by atoms with Gasteiger partial charge in [0.2, 0.25) is 0 Å². The number of para-hydroxylation sites is 1. The standard InChI is InChI=1S/C27H31N3O5S2/c1-20(2)30(23-7-4-3-5-8-23)24-12-10-22(11-13-24)28-25(31)19-35-27(32)21-14-16-29(17-15-21)37(33,34)26-9-6-18-36-26/h3-13,18,20-21H,14-17,19H2,1-2H3,(H,28,31). The number of sulfonamides is 1. The van der Waals surface area contributed by atoms with E-state index in [4.69, 9.17) is 4.74 Å². The van der Waals surface area contributed by atoms with Gasteiger partial charge in [-0.2, -0.15) is 4.31 Å². The number of piperidine rings is 1. The third-order valence-corrected chi connectivity index (χ3v) is 9.47. The first kappa shape index (κ1) is 26.8. The second kappa shape index (κ2) is 11.9. The number of benzene rings is 2. The molecule has 3 aromatic rings. The summed E-state index contributed by atoms with van der Waals surface area (Å²) in [4.78, 5) is 27.1. The van der Waals surface area contributed by atoms with Gasteiger partial charge in [-0.05, 0) is 74.5 Å². The van der Waals surface area contributed by atoms with Gasteiger partial charge >= 0.3 is 5.97 Å². The molecule has 1 aliphatic heterocycles. The van der Waals surface area contributed by atoms with Crippen molar-refractivity contribution in [3.63, 3.8) is 0 Å². The molecule has 2 heterocycles. The molecule has 1 fully saturated rings. The summed E-state index contributed by atoms with van der Waals surface area (Å²) < 4.78 is 32.2. The van der Waals surface area contributed by atoms with Gasteiger partial charge in [-0.15, -0.1) is 11.3 Å². The number of nitrogens with zero attached hydrogens (tertiary/aromatic N) is 2. The second-order valence-corrected chi connectivity index (χ2v) is 12.2. The van der Waals surface area contributed by atoms with E-state index < -0.39 is 34.4 Å². The Morgan fingerprint density at radius 1 is 1.00 bits per heavy atom. The quantitative estimate of drug-likeness (QED) is 0.388. The van der Waals surface area contributed by atoms with Gasteiger partial charge in [-0.1, -0.05) is 24.3 Å². The fourth-order valence-electron chi connectivity index (χ4n) is 4.36. The predicted octanol–water partition coefficient (Wildman–Crippen LogP) is 4.88. The van der Waals surface area contributed by atoms with Gasteiger partial charge in [-0.3, -0.25) is 9.59 Å². The van der Waals surface area contributed by atoms with Crippen molar-refractivity contribution < 1.29 is 22.7 Å². The number of anilines is 3. The van der Waals surface area contributed by atoms with E-state index in [2.05, 4.69) is 36.2 Å². The molecule has 0 radical (unpaired) electrons. The Hall–Kier alpha value is -3.21. The monoisotopic (exact) mass is 541 g/mol. The molecule has 1 N–H and O–H groups in total. The van der Waals surface area contributed by atoms with E-state index in [-0.39, 0.29) is 19.1 Å². The molecule has 0 bridgehead atoms. The molecule has 0 saturated carbocycles. The molecule has 196 valence electrons. The Morgan fingerprint density at radius 2 is 1.65 bits per heavy atom. The van der Waals surface area contributed by atoms with Crippen LogP contribution in [-0.4, -0.2) is 50.3 Å². The molecule has 1 aliphatic rings. The summed E-state index contributed by atoms with van der Waals surface area (Å²) in [6, 6.07) is 21.1. The van der Waals surface area contributed by atoms with E-state index in [0.717, 1.165) is 11.4 Å². The van der Waals surface area contributed by atoms with Crippen LogP contribution < -0.4 is 10.2 Å². The van der Waals surface area contributed by atoms with Crippen LogP contribution in [0.3, 0.4) is 0 Å². The molecular weight excluding hydrogens is 510 g/mol. The van der Waals surface area contributed by atoms with E-state index in [0.29, 0.717) is 22.7 Å². The summed E-state index contributed by atoms with van der Waals surface area (Å²) in [5.41, 5.74) is 2.68. The van der Waals surface area contributed by atoms with Gasteiger partial charge in [0.15, 0.2) is 6.61 Å². The molecule has 0 atom stereocenters. The smallest absolute Gasteiger partial charge is 0.309 e. The summed E-state index contributed by atoms with van der Waals surface area (Å²) in [6.45, 7) is 4.33. The first-order valence-electron chi connectivity index (χ1n) is 12.2. The highest BCUT2D eigenvalue weighted by atomic mass is 32.2. The molecule has 4 rings (SSSR count). The van der Waals surface area contributed by atoms with Crippen LogP contribution in [-0.2, 0) is 24.3 Å². The van der Waals surface area contributed by atoms with Crippen LogP contribution in [0, 0.1) is 5.92 Å². The van der Waals surface area contributed by atoms with Crippen LogP contribution in [0.2, 0.25) is 0 Å². The zero-order chi connectivity index (χ0) is 26.4. The fraction of sp³-hybridized carbons (Fsp3) is 0.333. The topological polar surface area (TPSA) is 96.0 Å². The summed E-state index contributed by atoms with van der Waals surface area (Å²) in [5.74, 6) is -1.33. The maximum absolute atomic E-state index is 12.6. The summed E-state index contributed by atoms with van der Waals surface area (Å²) >= 11 is 1.18. The molecule has 37 heavy (non-hydrogen) atoms. The molecule has 8 nitrogen and oxygen atoms in total. The van der Waals surface area contributed by atoms with E-state index >= 15 is 0 Å². The molecule has 1 amide bonds. The minimum Gasteiger partial charge on any atom is -0.455 e. The third kappa shape index (κ3) is 6.57. The Morgan fingerprint density at radius 3 is 2.24 bits per heavy atom. The number of rotatable bonds is 9.